The van der Waals surface area contributed by atoms with Crippen LogP contribution in [0.4, 0.5) is 4.79 Å². The van der Waals surface area contributed by atoms with Gasteiger partial charge in [0, 0.05) is 0 Å². The Kier molecular flexibility index (Phi) is 8.30. The number of carbonyl (C=O) groups is 3. The lowest BCUT2D eigenvalue weighted by Gasteiger charge is -2.26. The van der Waals surface area contributed by atoms with Crippen LogP contribution in [0.3, 0.4) is 0 Å². The molecule has 3 aromatic rings. The van der Waals surface area contributed by atoms with Crippen LogP contribution in [0.1, 0.15) is 24.5 Å². The summed E-state index contributed by atoms with van der Waals surface area (Å²) in [6.07, 6.45) is 2.08. The normalized spacial score (nSPS) is 14.8. The molecule has 0 saturated carbocycles. The second kappa shape index (κ2) is 11.8. The lowest BCUT2D eigenvalue weighted by molar-refractivity contribution is -0.130. The zero-order valence-electron chi connectivity index (χ0n) is 21.2. The first kappa shape index (κ1) is 27.4. The minimum atomic E-state index is -4.09. The lowest BCUT2D eigenvalue weighted by atomic mass is 10.1. The van der Waals surface area contributed by atoms with E-state index in [2.05, 4.69) is 5.32 Å². The summed E-state index contributed by atoms with van der Waals surface area (Å²) >= 11 is 0. The third kappa shape index (κ3) is 6.44. The van der Waals surface area contributed by atoms with Gasteiger partial charge in [0.1, 0.15) is 16.2 Å². The first-order valence-electron chi connectivity index (χ1n) is 12.0. The first-order chi connectivity index (χ1) is 18.7. The van der Waals surface area contributed by atoms with E-state index in [4.69, 9.17) is 13.7 Å². The summed E-state index contributed by atoms with van der Waals surface area (Å²) in [6.45, 7) is 2.35. The van der Waals surface area contributed by atoms with E-state index in [9.17, 15) is 22.8 Å². The number of hydrogen-bond acceptors (Lipinski definition) is 8. The summed E-state index contributed by atoms with van der Waals surface area (Å²) in [6, 6.07) is 17.7. The van der Waals surface area contributed by atoms with Crippen LogP contribution in [0.15, 0.2) is 83.3 Å². The van der Waals surface area contributed by atoms with Gasteiger partial charge in [0.2, 0.25) is 0 Å². The number of urea groups is 1. The number of barbiturate groups is 1. The second-order valence-corrected chi connectivity index (χ2v) is 10.0. The van der Waals surface area contributed by atoms with Gasteiger partial charge in [0.25, 0.3) is 11.8 Å². The summed E-state index contributed by atoms with van der Waals surface area (Å²) in [5.41, 5.74) is 0.601. The topological polar surface area (TPSA) is 128 Å². The molecule has 1 fully saturated rings. The van der Waals surface area contributed by atoms with Crippen molar-refractivity contribution < 1.29 is 36.5 Å². The van der Waals surface area contributed by atoms with Crippen molar-refractivity contribution >= 4 is 34.0 Å². The van der Waals surface area contributed by atoms with Gasteiger partial charge in [-0.15, -0.1) is 0 Å². The molecule has 4 rings (SSSR count). The SMILES string of the molecule is CCCOc1ccc(CN2C(=O)NC(=O)/C(=C/c3cccc(OS(=O)(=O)c4ccccc4)c3)C2=O)cc1OC. The zero-order valence-corrected chi connectivity index (χ0v) is 22.1. The second-order valence-electron chi connectivity index (χ2n) is 8.47. The Morgan fingerprint density at radius 1 is 0.923 bits per heavy atom. The molecule has 0 aliphatic carbocycles. The van der Waals surface area contributed by atoms with Crippen molar-refractivity contribution in [3.8, 4) is 17.2 Å². The smallest absolute Gasteiger partial charge is 0.339 e. The van der Waals surface area contributed by atoms with Crippen molar-refractivity contribution in [1.29, 1.82) is 0 Å². The summed E-state index contributed by atoms with van der Waals surface area (Å²) in [7, 11) is -2.60. The molecule has 1 saturated heterocycles. The maximum atomic E-state index is 13.2. The molecule has 3 aromatic carbocycles. The van der Waals surface area contributed by atoms with E-state index in [0.717, 1.165) is 11.3 Å². The van der Waals surface area contributed by atoms with Crippen LogP contribution in [-0.2, 0) is 26.3 Å². The quantitative estimate of drug-likeness (QED) is 0.229. The lowest BCUT2D eigenvalue weighted by Crippen LogP contribution is -2.53. The fraction of sp³-hybridized carbons (Fsp3) is 0.179. The first-order valence-corrected chi connectivity index (χ1v) is 13.4. The van der Waals surface area contributed by atoms with Gasteiger partial charge >= 0.3 is 16.1 Å². The number of carbonyl (C=O) groups excluding carboxylic acids is 3. The van der Waals surface area contributed by atoms with Crippen LogP contribution in [0.2, 0.25) is 0 Å². The molecule has 0 bridgehead atoms. The molecule has 0 spiro atoms. The van der Waals surface area contributed by atoms with Crippen molar-refractivity contribution in [2.45, 2.75) is 24.8 Å². The van der Waals surface area contributed by atoms with Crippen molar-refractivity contribution in [3.05, 3.63) is 89.5 Å². The summed E-state index contributed by atoms with van der Waals surface area (Å²) in [5.74, 6) is -0.713. The van der Waals surface area contributed by atoms with Gasteiger partial charge in [-0.3, -0.25) is 19.8 Å². The highest BCUT2D eigenvalue weighted by atomic mass is 32.2. The van der Waals surface area contributed by atoms with Gasteiger partial charge < -0.3 is 13.7 Å². The molecule has 10 nitrogen and oxygen atoms in total. The number of nitrogens with zero attached hydrogens (tertiary/aromatic N) is 1. The van der Waals surface area contributed by atoms with Crippen LogP contribution in [0, 0.1) is 0 Å². The number of amides is 4. The third-order valence-corrected chi connectivity index (χ3v) is 6.88. The number of benzene rings is 3. The Labute approximate surface area is 225 Å². The minimum Gasteiger partial charge on any atom is -0.493 e. The fourth-order valence-electron chi connectivity index (χ4n) is 3.75. The Balaban J connectivity index is 1.56. The zero-order chi connectivity index (χ0) is 28.0. The number of nitrogens with one attached hydrogen (secondary N) is 1. The molecule has 0 atom stereocenters. The Bertz CT molecular complexity index is 1530. The van der Waals surface area contributed by atoms with Crippen LogP contribution in [0.25, 0.3) is 6.08 Å². The number of ether oxygens (including phenoxy) is 2. The molecule has 11 heteroatoms. The third-order valence-electron chi connectivity index (χ3n) is 5.62. The molecule has 1 aliphatic heterocycles. The van der Waals surface area contributed by atoms with E-state index < -0.39 is 28.0 Å². The standard InChI is InChI=1S/C28H26N2O8S/c1-3-14-37-24-13-12-20(17-25(24)36-2)18-30-27(32)23(26(31)29-28(30)33)16-19-8-7-9-21(15-19)38-39(34,35)22-10-5-4-6-11-22/h4-13,15-17H,3,14,18H2,1-2H3,(H,29,31,33)/b23-16-. The molecule has 1 heterocycles. The summed E-state index contributed by atoms with van der Waals surface area (Å²) in [5, 5.41) is 2.17. The van der Waals surface area contributed by atoms with Gasteiger partial charge in [-0.2, -0.15) is 8.42 Å². The monoisotopic (exact) mass is 550 g/mol. The van der Waals surface area contributed by atoms with Crippen LogP contribution in [0.5, 0.6) is 17.2 Å². The highest BCUT2D eigenvalue weighted by Gasteiger charge is 2.35. The van der Waals surface area contributed by atoms with Gasteiger partial charge in [-0.25, -0.2) is 4.79 Å². The van der Waals surface area contributed by atoms with Crippen molar-refractivity contribution in [1.82, 2.24) is 10.2 Å². The highest BCUT2D eigenvalue weighted by molar-refractivity contribution is 7.87. The Hall–Kier alpha value is -4.64. The van der Waals surface area contributed by atoms with Crippen molar-refractivity contribution in [2.75, 3.05) is 13.7 Å². The molecule has 4 amide bonds. The van der Waals surface area contributed by atoms with E-state index in [1.54, 1.807) is 42.5 Å². The van der Waals surface area contributed by atoms with Gasteiger partial charge in [-0.05, 0) is 60.0 Å². The van der Waals surface area contributed by atoms with E-state index in [1.165, 1.54) is 43.5 Å². The predicted molar refractivity (Wildman–Crippen MR) is 142 cm³/mol. The average molecular weight is 551 g/mol. The molecular formula is C28H26N2O8S. The number of rotatable bonds is 10. The summed E-state index contributed by atoms with van der Waals surface area (Å²) in [4.78, 5) is 39.2. The molecular weight excluding hydrogens is 524 g/mol. The van der Waals surface area contributed by atoms with Crippen LogP contribution in [-0.4, -0.2) is 44.9 Å². The predicted octanol–water partition coefficient (Wildman–Crippen LogP) is 3.91. The number of hydrogen-bond donors (Lipinski definition) is 1. The van der Waals surface area contributed by atoms with E-state index in [-0.39, 0.29) is 22.8 Å². The molecule has 0 radical (unpaired) electrons. The molecule has 1 aliphatic rings. The average Bonchev–Trinajstić information content (AvgIpc) is 2.93. The van der Waals surface area contributed by atoms with Gasteiger partial charge in [-0.1, -0.05) is 43.3 Å². The van der Waals surface area contributed by atoms with Crippen LogP contribution < -0.4 is 19.0 Å². The maximum Gasteiger partial charge on any atom is 0.339 e. The molecule has 202 valence electrons. The Morgan fingerprint density at radius 3 is 2.41 bits per heavy atom. The van der Waals surface area contributed by atoms with Crippen LogP contribution >= 0.6 is 0 Å². The van der Waals surface area contributed by atoms with Crippen molar-refractivity contribution in [2.24, 2.45) is 0 Å². The molecule has 39 heavy (non-hydrogen) atoms. The largest absolute Gasteiger partial charge is 0.493 e. The fourth-order valence-corrected chi connectivity index (χ4v) is 4.69. The van der Waals surface area contributed by atoms with E-state index >= 15 is 0 Å². The maximum absolute atomic E-state index is 13.2. The van der Waals surface area contributed by atoms with Gasteiger partial charge in [0.15, 0.2) is 11.5 Å². The molecule has 1 N–H and O–H groups in total. The molecule has 0 aromatic heterocycles. The summed E-state index contributed by atoms with van der Waals surface area (Å²) < 4.78 is 41.3. The minimum absolute atomic E-state index is 0.0118. The van der Waals surface area contributed by atoms with E-state index in [0.29, 0.717) is 29.2 Å². The highest BCUT2D eigenvalue weighted by Crippen LogP contribution is 2.29. The Morgan fingerprint density at radius 2 is 1.69 bits per heavy atom. The number of imide groups is 2. The van der Waals surface area contributed by atoms with Crippen molar-refractivity contribution in [3.63, 3.8) is 0 Å². The van der Waals surface area contributed by atoms with Gasteiger partial charge in [0.05, 0.1) is 20.3 Å². The molecule has 0 unspecified atom stereocenters. The number of methoxy groups -OCH3 is 1. The van der Waals surface area contributed by atoms with E-state index in [1.807, 2.05) is 6.92 Å².